The van der Waals surface area contributed by atoms with Crippen molar-refractivity contribution < 1.29 is 22.9 Å². The summed E-state index contributed by atoms with van der Waals surface area (Å²) in [6, 6.07) is 6.36. The molecule has 0 amide bonds. The van der Waals surface area contributed by atoms with Crippen LogP contribution in [0.4, 0.5) is 5.69 Å². The molecule has 2 aromatic heterocycles. The predicted molar refractivity (Wildman–Crippen MR) is 149 cm³/mol. The fraction of sp³-hybridized carbons (Fsp3) is 0.583. The molecule has 204 valence electrons. The second-order valence-corrected chi connectivity index (χ2v) is 13.3. The van der Waals surface area contributed by atoms with Crippen LogP contribution in [0.3, 0.4) is 0 Å². The van der Waals surface area contributed by atoms with Crippen LogP contribution in [0.15, 0.2) is 24.3 Å². The molecule has 0 bridgehead atoms. The van der Waals surface area contributed by atoms with Crippen molar-refractivity contribution >= 4 is 37.5 Å². The van der Waals surface area contributed by atoms with Gasteiger partial charge in [0.25, 0.3) is 11.8 Å². The van der Waals surface area contributed by atoms with E-state index in [0.717, 1.165) is 40.8 Å². The van der Waals surface area contributed by atoms with E-state index in [1.807, 2.05) is 23.9 Å². The molecule has 3 atom stereocenters. The number of hydrogen-bond acceptors (Lipinski definition) is 11. The number of hydroxylamine groups is 6. The van der Waals surface area contributed by atoms with Gasteiger partial charge in [0.15, 0.2) is 0 Å². The molecule has 0 aromatic carbocycles. The van der Waals surface area contributed by atoms with Crippen LogP contribution in [0.2, 0.25) is 0 Å². The number of quaternary nitrogens is 2. The Labute approximate surface area is 231 Å². The minimum atomic E-state index is -2.63. The largest absolute Gasteiger partial charge is 0.808 e. The molecule has 3 unspecified atom stereocenters. The van der Waals surface area contributed by atoms with Crippen molar-refractivity contribution in [2.75, 3.05) is 67.6 Å². The van der Waals surface area contributed by atoms with Gasteiger partial charge in [-0.3, -0.25) is 0 Å². The number of hydrogen-bond donors (Lipinski definition) is 2. The van der Waals surface area contributed by atoms with Crippen LogP contribution in [-0.4, -0.2) is 81.5 Å². The third-order valence-electron chi connectivity index (χ3n) is 7.83. The SMILES string of the molecule is O=[P+](Oc1ccc2c(n1)C([N+]1([O-])CCSCC1)CNC2)Oc1ccc2c(n1)C([N+]1([O-])CCSCC1)CCN2. The third kappa shape index (κ3) is 5.35. The molecule has 11 nitrogen and oxygen atoms in total. The van der Waals surface area contributed by atoms with Gasteiger partial charge >= 0.3 is 8.25 Å². The fourth-order valence-corrected chi connectivity index (χ4v) is 8.46. The topological polar surface area (TPSA) is 131 Å². The molecule has 4 aliphatic heterocycles. The highest BCUT2D eigenvalue weighted by Crippen LogP contribution is 2.41. The highest BCUT2D eigenvalue weighted by atomic mass is 32.2. The molecule has 38 heavy (non-hydrogen) atoms. The number of thioether (sulfide) groups is 2. The molecule has 0 radical (unpaired) electrons. The minimum absolute atomic E-state index is 0.145. The van der Waals surface area contributed by atoms with E-state index >= 15 is 0 Å². The molecule has 2 N–H and O–H groups in total. The highest BCUT2D eigenvalue weighted by molar-refractivity contribution is 7.99. The molecule has 2 aromatic rings. The first kappa shape index (κ1) is 26.5. The molecule has 6 rings (SSSR count). The van der Waals surface area contributed by atoms with Gasteiger partial charge in [0, 0.05) is 59.2 Å². The van der Waals surface area contributed by atoms with E-state index in [4.69, 9.17) is 9.05 Å². The smallest absolute Gasteiger partial charge is 0.632 e. The maximum absolute atomic E-state index is 13.6. The second-order valence-electron chi connectivity index (χ2n) is 10.1. The van der Waals surface area contributed by atoms with E-state index in [0.29, 0.717) is 57.1 Å². The lowest BCUT2D eigenvalue weighted by atomic mass is 10.0. The molecule has 2 saturated heterocycles. The summed E-state index contributed by atoms with van der Waals surface area (Å²) in [6.07, 6.45) is 0.688. The maximum atomic E-state index is 13.6. The molecular formula is C24H32N6O5PS2+. The normalized spacial score (nSPS) is 26.3. The van der Waals surface area contributed by atoms with Gasteiger partial charge in [0.05, 0.1) is 38.4 Å². The molecular weight excluding hydrogens is 547 g/mol. The molecule has 0 aliphatic carbocycles. The van der Waals surface area contributed by atoms with Gasteiger partial charge in [-0.25, -0.2) is 19.0 Å². The van der Waals surface area contributed by atoms with Crippen molar-refractivity contribution in [2.24, 2.45) is 0 Å². The molecule has 0 spiro atoms. The summed E-state index contributed by atoms with van der Waals surface area (Å²) in [5, 5.41) is 33.8. The van der Waals surface area contributed by atoms with Crippen LogP contribution < -0.4 is 19.7 Å². The van der Waals surface area contributed by atoms with E-state index in [1.54, 1.807) is 23.9 Å². The number of anilines is 1. The Hall–Kier alpha value is -1.70. The second kappa shape index (κ2) is 11.1. The summed E-state index contributed by atoms with van der Waals surface area (Å²) in [7, 11) is -2.63. The van der Waals surface area contributed by atoms with Crippen molar-refractivity contribution in [3.8, 4) is 11.8 Å². The Balaban J connectivity index is 1.18. The Morgan fingerprint density at radius 2 is 1.47 bits per heavy atom. The summed E-state index contributed by atoms with van der Waals surface area (Å²) in [4.78, 5) is 9.23. The first-order valence-electron chi connectivity index (χ1n) is 13.0. The summed E-state index contributed by atoms with van der Waals surface area (Å²) in [6.45, 7) is 4.10. The van der Waals surface area contributed by atoms with Crippen LogP contribution in [0.5, 0.6) is 11.8 Å². The Kier molecular flexibility index (Phi) is 7.71. The van der Waals surface area contributed by atoms with Crippen molar-refractivity contribution in [1.82, 2.24) is 15.3 Å². The predicted octanol–water partition coefficient (Wildman–Crippen LogP) is 3.72. The summed E-state index contributed by atoms with van der Waals surface area (Å²) >= 11 is 3.62. The van der Waals surface area contributed by atoms with Crippen LogP contribution in [0.25, 0.3) is 0 Å². The van der Waals surface area contributed by atoms with E-state index in [-0.39, 0.29) is 33.1 Å². The minimum Gasteiger partial charge on any atom is -0.632 e. The lowest BCUT2D eigenvalue weighted by molar-refractivity contribution is -0.908. The summed E-state index contributed by atoms with van der Waals surface area (Å²) < 4.78 is 23.4. The van der Waals surface area contributed by atoms with Gasteiger partial charge < -0.3 is 30.3 Å². The zero-order valence-corrected chi connectivity index (χ0v) is 23.6. The molecule has 6 heterocycles. The van der Waals surface area contributed by atoms with Crippen molar-refractivity contribution in [3.63, 3.8) is 0 Å². The van der Waals surface area contributed by atoms with Crippen LogP contribution in [-0.2, 0) is 11.1 Å². The van der Waals surface area contributed by atoms with Crippen molar-refractivity contribution in [3.05, 3.63) is 51.6 Å². The number of aromatic nitrogens is 2. The first-order chi connectivity index (χ1) is 18.4. The Morgan fingerprint density at radius 1 is 0.868 bits per heavy atom. The molecule has 14 heteroatoms. The maximum Gasteiger partial charge on any atom is 0.808 e. The van der Waals surface area contributed by atoms with Crippen molar-refractivity contribution in [2.45, 2.75) is 25.0 Å². The first-order valence-corrected chi connectivity index (χ1v) is 16.4. The average Bonchev–Trinajstić information content (AvgIpc) is 2.93. The quantitative estimate of drug-likeness (QED) is 0.295. The lowest BCUT2D eigenvalue weighted by Gasteiger charge is -2.51. The fourth-order valence-electron chi connectivity index (χ4n) is 5.75. The van der Waals surface area contributed by atoms with E-state index in [2.05, 4.69) is 20.6 Å². The van der Waals surface area contributed by atoms with Gasteiger partial charge in [0.2, 0.25) is 0 Å². The van der Waals surface area contributed by atoms with Gasteiger partial charge in [-0.05, 0) is 11.6 Å². The molecule has 2 fully saturated rings. The van der Waals surface area contributed by atoms with E-state index in [1.165, 1.54) is 0 Å². The number of pyridine rings is 2. The Morgan fingerprint density at radius 3 is 2.16 bits per heavy atom. The zero-order valence-electron chi connectivity index (χ0n) is 21.0. The standard InChI is InChI=1S/C24H32N6O5PS2/c31-29(7-11-37-12-8-29)19-5-6-26-18-2-4-22(28-24(18)19)35-36(33)34-21-3-1-17-15-25-16-20(23(17)27-21)30(32)9-13-38-14-10-30/h1-4,19-20,25-26H,5-16H2/q+1. The van der Waals surface area contributed by atoms with Crippen LogP contribution in [0.1, 0.15) is 35.5 Å². The van der Waals surface area contributed by atoms with Gasteiger partial charge in [0.1, 0.15) is 23.5 Å². The van der Waals surface area contributed by atoms with Crippen LogP contribution >= 0.6 is 31.8 Å². The third-order valence-corrected chi connectivity index (χ3v) is 10.4. The van der Waals surface area contributed by atoms with Gasteiger partial charge in [-0.1, -0.05) is 6.07 Å². The van der Waals surface area contributed by atoms with E-state index < -0.39 is 8.25 Å². The summed E-state index contributed by atoms with van der Waals surface area (Å²) in [5.41, 5.74) is 3.14. The number of rotatable bonds is 6. The van der Waals surface area contributed by atoms with Crippen LogP contribution in [0, 0.1) is 10.4 Å². The van der Waals surface area contributed by atoms with Gasteiger partial charge in [-0.2, -0.15) is 23.5 Å². The monoisotopic (exact) mass is 579 g/mol. The van der Waals surface area contributed by atoms with E-state index in [9.17, 15) is 15.0 Å². The average molecular weight is 580 g/mol. The number of nitrogens with one attached hydrogen (secondary N) is 2. The lowest BCUT2D eigenvalue weighted by Crippen LogP contribution is -2.55. The van der Waals surface area contributed by atoms with Crippen molar-refractivity contribution in [1.29, 1.82) is 0 Å². The van der Waals surface area contributed by atoms with Gasteiger partial charge in [-0.15, -0.1) is 0 Å². The molecule has 0 saturated carbocycles. The highest BCUT2D eigenvalue weighted by Gasteiger charge is 2.39. The molecule has 4 aliphatic rings. The number of nitrogens with zero attached hydrogens (tertiary/aromatic N) is 4. The Bertz CT molecular complexity index is 1110. The summed E-state index contributed by atoms with van der Waals surface area (Å²) in [5.74, 6) is 3.65. The number of fused-ring (bicyclic) bond motifs is 2. The zero-order chi connectivity index (χ0) is 26.2.